The third-order valence-electron chi connectivity index (χ3n) is 4.82. The zero-order valence-corrected chi connectivity index (χ0v) is 18.8. The van der Waals surface area contributed by atoms with Crippen molar-refractivity contribution in [3.63, 3.8) is 0 Å². The van der Waals surface area contributed by atoms with Gasteiger partial charge < -0.3 is 20.9 Å². The molecule has 3 amide bonds. The molecule has 1 heterocycles. The van der Waals surface area contributed by atoms with E-state index in [1.807, 2.05) is 36.5 Å². The van der Waals surface area contributed by atoms with Crippen LogP contribution < -0.4 is 16.0 Å². The van der Waals surface area contributed by atoms with E-state index in [0.717, 1.165) is 17.0 Å². The fourth-order valence-corrected chi connectivity index (χ4v) is 4.06. The van der Waals surface area contributed by atoms with Gasteiger partial charge in [0.1, 0.15) is 0 Å². The number of anilines is 2. The number of halogens is 3. The third kappa shape index (κ3) is 6.56. The predicted molar refractivity (Wildman–Crippen MR) is 124 cm³/mol. The van der Waals surface area contributed by atoms with Crippen LogP contribution in [-0.4, -0.2) is 37.5 Å². The van der Waals surface area contributed by atoms with Gasteiger partial charge in [-0.2, -0.15) is 13.2 Å². The summed E-state index contributed by atoms with van der Waals surface area (Å²) in [5.74, 6) is -0.537. The number of hydrogen-bond donors (Lipinski definition) is 3. The molecule has 0 aliphatic heterocycles. The molecule has 3 aromatic rings. The number of nitrogens with zero attached hydrogens (tertiary/aromatic N) is 1. The van der Waals surface area contributed by atoms with Crippen LogP contribution in [0.5, 0.6) is 0 Å². The summed E-state index contributed by atoms with van der Waals surface area (Å²) in [5, 5.41) is 9.26. The molecule has 3 rings (SSSR count). The number of nitrogens with one attached hydrogen (secondary N) is 3. The molecule has 174 valence electrons. The van der Waals surface area contributed by atoms with Gasteiger partial charge in [0.15, 0.2) is 0 Å². The number of carbonyl (C=O) groups excluding carboxylic acids is 2. The van der Waals surface area contributed by atoms with E-state index in [1.165, 1.54) is 17.4 Å². The summed E-state index contributed by atoms with van der Waals surface area (Å²) in [5.41, 5.74) is -1.19. The minimum absolute atomic E-state index is 0.0347. The molecule has 0 spiro atoms. The molecule has 0 fully saturated rings. The van der Waals surface area contributed by atoms with Crippen molar-refractivity contribution in [1.29, 1.82) is 0 Å². The monoisotopic (exact) mass is 476 g/mol. The van der Waals surface area contributed by atoms with Crippen molar-refractivity contribution in [3.8, 4) is 0 Å². The normalized spacial score (nSPS) is 12.3. The van der Waals surface area contributed by atoms with Gasteiger partial charge in [-0.1, -0.05) is 24.3 Å². The number of rotatable bonds is 7. The highest BCUT2D eigenvalue weighted by molar-refractivity contribution is 7.10. The van der Waals surface area contributed by atoms with E-state index in [2.05, 4.69) is 16.0 Å². The number of alkyl halides is 3. The summed E-state index contributed by atoms with van der Waals surface area (Å²) in [7, 11) is 3.71. The topological polar surface area (TPSA) is 73.5 Å². The second-order valence-electron chi connectivity index (χ2n) is 7.41. The maximum atomic E-state index is 13.7. The minimum atomic E-state index is -4.74. The Hall–Kier alpha value is -3.37. The number of thiophene rings is 1. The highest BCUT2D eigenvalue weighted by atomic mass is 32.1. The molecular formula is C23H23F3N4O2S. The summed E-state index contributed by atoms with van der Waals surface area (Å²) in [4.78, 5) is 27.6. The van der Waals surface area contributed by atoms with Crippen molar-refractivity contribution in [2.45, 2.75) is 12.2 Å². The molecule has 33 heavy (non-hydrogen) atoms. The van der Waals surface area contributed by atoms with Gasteiger partial charge in [-0.25, -0.2) is 4.79 Å². The molecule has 0 aliphatic rings. The van der Waals surface area contributed by atoms with Crippen LogP contribution in [0.15, 0.2) is 66.0 Å². The molecule has 10 heteroatoms. The van der Waals surface area contributed by atoms with Crippen LogP contribution in [0, 0.1) is 0 Å². The zero-order chi connectivity index (χ0) is 24.0. The van der Waals surface area contributed by atoms with Crippen molar-refractivity contribution in [1.82, 2.24) is 10.2 Å². The molecule has 1 atom stereocenters. The average Bonchev–Trinajstić information content (AvgIpc) is 3.29. The Kier molecular flexibility index (Phi) is 7.72. The maximum Gasteiger partial charge on any atom is 0.418 e. The summed E-state index contributed by atoms with van der Waals surface area (Å²) in [6.45, 7) is 0.214. The molecule has 1 unspecified atom stereocenters. The van der Waals surface area contributed by atoms with E-state index in [-0.39, 0.29) is 18.3 Å². The molecule has 6 nitrogen and oxygen atoms in total. The average molecular weight is 477 g/mol. The van der Waals surface area contributed by atoms with Gasteiger partial charge in [-0.05, 0) is 55.9 Å². The second kappa shape index (κ2) is 10.5. The second-order valence-corrected chi connectivity index (χ2v) is 8.39. The molecule has 3 N–H and O–H groups in total. The summed E-state index contributed by atoms with van der Waals surface area (Å²) >= 11 is 1.53. The van der Waals surface area contributed by atoms with E-state index >= 15 is 0 Å². The Balaban J connectivity index is 1.71. The van der Waals surface area contributed by atoms with Gasteiger partial charge in [0.25, 0.3) is 5.91 Å². The number of likely N-dealkylation sites (N-methyl/N-ethyl adjacent to an activating group) is 1. The van der Waals surface area contributed by atoms with Crippen LogP contribution in [0.2, 0.25) is 0 Å². The summed E-state index contributed by atoms with van der Waals surface area (Å²) in [6, 6.07) is 14.3. The van der Waals surface area contributed by atoms with Crippen molar-refractivity contribution in [2.75, 3.05) is 31.3 Å². The van der Waals surface area contributed by atoms with Crippen molar-refractivity contribution < 1.29 is 22.8 Å². The van der Waals surface area contributed by atoms with Crippen LogP contribution >= 0.6 is 11.3 Å². The lowest BCUT2D eigenvalue weighted by molar-refractivity contribution is -0.136. The number of urea groups is 1. The first-order valence-electron chi connectivity index (χ1n) is 9.97. The van der Waals surface area contributed by atoms with Gasteiger partial charge in [0.2, 0.25) is 0 Å². The molecule has 0 radical (unpaired) electrons. The van der Waals surface area contributed by atoms with Crippen LogP contribution in [0.1, 0.15) is 26.8 Å². The van der Waals surface area contributed by atoms with E-state index in [4.69, 9.17) is 0 Å². The first kappa shape index (κ1) is 24.3. The van der Waals surface area contributed by atoms with Crippen molar-refractivity contribution >= 4 is 34.6 Å². The van der Waals surface area contributed by atoms with E-state index in [0.29, 0.717) is 5.56 Å². The first-order valence-corrected chi connectivity index (χ1v) is 10.9. The number of hydrogen-bond acceptors (Lipinski definition) is 4. The molecule has 0 aliphatic carbocycles. The Morgan fingerprint density at radius 1 is 1.00 bits per heavy atom. The highest BCUT2D eigenvalue weighted by Gasteiger charge is 2.34. The van der Waals surface area contributed by atoms with Crippen molar-refractivity contribution in [2.24, 2.45) is 0 Å². The Morgan fingerprint density at radius 3 is 2.33 bits per heavy atom. The minimum Gasteiger partial charge on any atom is -0.336 e. The highest BCUT2D eigenvalue weighted by Crippen LogP contribution is 2.36. The molecule has 1 aromatic heterocycles. The lowest BCUT2D eigenvalue weighted by Gasteiger charge is -2.24. The fraction of sp³-hybridized carbons (Fsp3) is 0.217. The summed E-state index contributed by atoms with van der Waals surface area (Å²) in [6.07, 6.45) is -4.74. The van der Waals surface area contributed by atoms with Gasteiger partial charge in [-0.15, -0.1) is 11.3 Å². The molecular weight excluding hydrogens is 453 g/mol. The summed E-state index contributed by atoms with van der Waals surface area (Å²) < 4.78 is 41.0. The number of carbonyl (C=O) groups is 2. The molecule has 0 saturated carbocycles. The zero-order valence-electron chi connectivity index (χ0n) is 17.9. The third-order valence-corrected chi connectivity index (χ3v) is 5.79. The molecule has 0 bridgehead atoms. The Morgan fingerprint density at radius 2 is 1.73 bits per heavy atom. The lowest BCUT2D eigenvalue weighted by atomic mass is 10.1. The largest absolute Gasteiger partial charge is 0.418 e. The number of amides is 3. The van der Waals surface area contributed by atoms with Crippen LogP contribution in [-0.2, 0) is 6.18 Å². The van der Waals surface area contributed by atoms with E-state index in [1.54, 1.807) is 30.3 Å². The van der Waals surface area contributed by atoms with Crippen LogP contribution in [0.4, 0.5) is 29.3 Å². The Labute approximate surface area is 193 Å². The SMILES string of the molecule is CN(C)C(CNC(=O)Nc1ccc(NC(=O)c2ccccc2)cc1C(F)(F)F)c1cccs1. The maximum absolute atomic E-state index is 13.7. The van der Waals surface area contributed by atoms with Gasteiger partial charge >= 0.3 is 12.2 Å². The van der Waals surface area contributed by atoms with E-state index in [9.17, 15) is 22.8 Å². The van der Waals surface area contributed by atoms with Crippen LogP contribution in [0.3, 0.4) is 0 Å². The predicted octanol–water partition coefficient (Wildman–Crippen LogP) is 5.44. The van der Waals surface area contributed by atoms with Gasteiger partial charge in [0.05, 0.1) is 17.3 Å². The van der Waals surface area contributed by atoms with Crippen LogP contribution in [0.25, 0.3) is 0 Å². The Bertz CT molecular complexity index is 1090. The van der Waals surface area contributed by atoms with Gasteiger partial charge in [-0.3, -0.25) is 4.79 Å². The number of benzene rings is 2. The standard InChI is InChI=1S/C23H23F3N4O2S/c1-30(2)19(20-9-6-12-33-20)14-27-22(32)29-18-11-10-16(13-17(18)23(24,25)26)28-21(31)15-7-4-3-5-8-15/h3-13,19H,14H2,1-2H3,(H,28,31)(H2,27,29,32). The fourth-order valence-electron chi connectivity index (χ4n) is 3.13. The quantitative estimate of drug-likeness (QED) is 0.425. The van der Waals surface area contributed by atoms with Gasteiger partial charge in [0, 0.05) is 22.7 Å². The smallest absolute Gasteiger partial charge is 0.336 e. The molecule has 2 aromatic carbocycles. The van der Waals surface area contributed by atoms with E-state index < -0.39 is 29.4 Å². The lowest BCUT2D eigenvalue weighted by Crippen LogP contribution is -2.37. The molecule has 0 saturated heterocycles. The van der Waals surface area contributed by atoms with Crippen molar-refractivity contribution in [3.05, 3.63) is 82.0 Å². The first-order chi connectivity index (χ1) is 15.6.